The SMILES string of the molecule is CCOC1CC(NCCc2ccc(Br)s2)C1OC. The molecule has 1 saturated carbocycles. The lowest BCUT2D eigenvalue weighted by Gasteiger charge is -2.43. The Balaban J connectivity index is 1.68. The summed E-state index contributed by atoms with van der Waals surface area (Å²) in [6, 6.07) is 4.72. The lowest BCUT2D eigenvalue weighted by Crippen LogP contribution is -2.60. The van der Waals surface area contributed by atoms with Crippen LogP contribution in [0, 0.1) is 0 Å². The van der Waals surface area contributed by atoms with Gasteiger partial charge in [0.25, 0.3) is 0 Å². The maximum atomic E-state index is 5.61. The average molecular weight is 334 g/mol. The summed E-state index contributed by atoms with van der Waals surface area (Å²) in [4.78, 5) is 1.41. The maximum absolute atomic E-state index is 5.61. The molecule has 5 heteroatoms. The van der Waals surface area contributed by atoms with Gasteiger partial charge in [-0.1, -0.05) is 0 Å². The van der Waals surface area contributed by atoms with Gasteiger partial charge in [-0.15, -0.1) is 11.3 Å². The van der Waals surface area contributed by atoms with E-state index in [1.165, 1.54) is 8.66 Å². The second-order valence-electron chi connectivity index (χ2n) is 4.45. The molecule has 0 spiro atoms. The molecule has 18 heavy (non-hydrogen) atoms. The zero-order chi connectivity index (χ0) is 13.0. The van der Waals surface area contributed by atoms with Crippen molar-refractivity contribution in [2.45, 2.75) is 38.0 Å². The highest BCUT2D eigenvalue weighted by Gasteiger charge is 2.41. The largest absolute Gasteiger partial charge is 0.377 e. The third-order valence-corrected chi connectivity index (χ3v) is 4.99. The molecule has 0 aliphatic heterocycles. The smallest absolute Gasteiger partial charge is 0.0986 e. The molecule has 102 valence electrons. The van der Waals surface area contributed by atoms with Gasteiger partial charge in [0, 0.05) is 31.2 Å². The van der Waals surface area contributed by atoms with E-state index in [1.807, 2.05) is 6.92 Å². The van der Waals surface area contributed by atoms with Gasteiger partial charge in [-0.25, -0.2) is 0 Å². The van der Waals surface area contributed by atoms with Gasteiger partial charge < -0.3 is 14.8 Å². The van der Waals surface area contributed by atoms with Gasteiger partial charge in [-0.05, 0) is 47.8 Å². The van der Waals surface area contributed by atoms with E-state index in [9.17, 15) is 0 Å². The first-order valence-corrected chi connectivity index (χ1v) is 7.97. The number of rotatable bonds is 7. The molecule has 1 fully saturated rings. The van der Waals surface area contributed by atoms with Gasteiger partial charge in [-0.2, -0.15) is 0 Å². The van der Waals surface area contributed by atoms with E-state index >= 15 is 0 Å². The lowest BCUT2D eigenvalue weighted by atomic mass is 9.85. The summed E-state index contributed by atoms with van der Waals surface area (Å²) in [5, 5.41) is 3.55. The summed E-state index contributed by atoms with van der Waals surface area (Å²) in [7, 11) is 1.76. The van der Waals surface area contributed by atoms with Crippen molar-refractivity contribution in [1.29, 1.82) is 0 Å². The molecule has 1 aliphatic carbocycles. The Morgan fingerprint density at radius 3 is 2.94 bits per heavy atom. The van der Waals surface area contributed by atoms with Crippen LogP contribution >= 0.6 is 27.3 Å². The Morgan fingerprint density at radius 2 is 2.33 bits per heavy atom. The number of methoxy groups -OCH3 is 1. The van der Waals surface area contributed by atoms with Crippen molar-refractivity contribution < 1.29 is 9.47 Å². The van der Waals surface area contributed by atoms with E-state index in [1.54, 1.807) is 18.4 Å². The Hall–Kier alpha value is 0.0600. The minimum atomic E-state index is 0.208. The minimum absolute atomic E-state index is 0.208. The fourth-order valence-corrected chi connectivity index (χ4v) is 3.82. The second kappa shape index (κ2) is 7.01. The number of ether oxygens (including phenoxy) is 2. The Labute approximate surface area is 121 Å². The Morgan fingerprint density at radius 1 is 1.50 bits per heavy atom. The third kappa shape index (κ3) is 3.54. The van der Waals surface area contributed by atoms with Crippen LogP contribution in [0.3, 0.4) is 0 Å². The number of hydrogen-bond acceptors (Lipinski definition) is 4. The Bertz CT molecular complexity index is 372. The molecule has 3 atom stereocenters. The molecule has 1 aromatic heterocycles. The number of halogens is 1. The molecule has 2 rings (SSSR count). The predicted molar refractivity (Wildman–Crippen MR) is 78.3 cm³/mol. The fourth-order valence-electron chi connectivity index (χ4n) is 2.34. The van der Waals surface area contributed by atoms with Gasteiger partial charge in [-0.3, -0.25) is 0 Å². The summed E-state index contributed by atoms with van der Waals surface area (Å²) >= 11 is 5.29. The van der Waals surface area contributed by atoms with Crippen LogP contribution in [0.1, 0.15) is 18.2 Å². The normalized spacial score (nSPS) is 27.2. The van der Waals surface area contributed by atoms with Crippen LogP contribution in [0.25, 0.3) is 0 Å². The fraction of sp³-hybridized carbons (Fsp3) is 0.692. The standard InChI is InChI=1S/C13H20BrNO2S/c1-3-17-11-8-10(13(11)16-2)15-7-6-9-4-5-12(14)18-9/h4-5,10-11,13,15H,3,6-8H2,1-2H3. The van der Waals surface area contributed by atoms with E-state index < -0.39 is 0 Å². The molecular formula is C13H20BrNO2S. The highest BCUT2D eigenvalue weighted by molar-refractivity contribution is 9.11. The van der Waals surface area contributed by atoms with E-state index in [4.69, 9.17) is 9.47 Å². The van der Waals surface area contributed by atoms with Crippen LogP contribution < -0.4 is 5.32 Å². The van der Waals surface area contributed by atoms with Crippen molar-refractivity contribution in [3.05, 3.63) is 20.8 Å². The summed E-state index contributed by atoms with van der Waals surface area (Å²) in [6.07, 6.45) is 2.61. The molecule has 3 unspecified atom stereocenters. The van der Waals surface area contributed by atoms with Crippen LogP contribution in [-0.2, 0) is 15.9 Å². The van der Waals surface area contributed by atoms with Crippen LogP contribution in [0.4, 0.5) is 0 Å². The van der Waals surface area contributed by atoms with E-state index in [0.717, 1.165) is 26.0 Å². The predicted octanol–water partition coefficient (Wildman–Crippen LogP) is 2.84. The van der Waals surface area contributed by atoms with Gasteiger partial charge in [0.05, 0.1) is 16.0 Å². The van der Waals surface area contributed by atoms with Gasteiger partial charge >= 0.3 is 0 Å². The number of hydrogen-bond donors (Lipinski definition) is 1. The quantitative estimate of drug-likeness (QED) is 0.832. The highest BCUT2D eigenvalue weighted by atomic mass is 79.9. The van der Waals surface area contributed by atoms with Crippen molar-refractivity contribution in [2.24, 2.45) is 0 Å². The van der Waals surface area contributed by atoms with E-state index in [2.05, 4.69) is 33.4 Å². The zero-order valence-corrected chi connectivity index (χ0v) is 13.2. The molecule has 0 amide bonds. The monoisotopic (exact) mass is 333 g/mol. The van der Waals surface area contributed by atoms with Crippen molar-refractivity contribution in [1.82, 2.24) is 5.32 Å². The van der Waals surface area contributed by atoms with Crippen molar-refractivity contribution in [2.75, 3.05) is 20.3 Å². The molecule has 1 heterocycles. The molecule has 3 nitrogen and oxygen atoms in total. The molecule has 0 radical (unpaired) electrons. The first kappa shape index (κ1) is 14.5. The number of thiophene rings is 1. The summed E-state index contributed by atoms with van der Waals surface area (Å²) in [5.74, 6) is 0. The molecule has 0 saturated heterocycles. The van der Waals surface area contributed by atoms with Crippen LogP contribution in [0.2, 0.25) is 0 Å². The molecule has 0 aromatic carbocycles. The number of nitrogens with one attached hydrogen (secondary N) is 1. The van der Waals surface area contributed by atoms with Crippen molar-refractivity contribution >= 4 is 27.3 Å². The maximum Gasteiger partial charge on any atom is 0.0986 e. The van der Waals surface area contributed by atoms with Gasteiger partial charge in [0.15, 0.2) is 0 Å². The van der Waals surface area contributed by atoms with Crippen LogP contribution in [0.15, 0.2) is 15.9 Å². The summed E-state index contributed by atoms with van der Waals surface area (Å²) in [5.41, 5.74) is 0. The van der Waals surface area contributed by atoms with E-state index in [0.29, 0.717) is 6.04 Å². The molecular weight excluding hydrogens is 314 g/mol. The van der Waals surface area contributed by atoms with Crippen molar-refractivity contribution in [3.63, 3.8) is 0 Å². The van der Waals surface area contributed by atoms with Gasteiger partial charge in [0.2, 0.25) is 0 Å². The van der Waals surface area contributed by atoms with E-state index in [-0.39, 0.29) is 12.2 Å². The summed E-state index contributed by atoms with van der Waals surface area (Å²) < 4.78 is 12.3. The second-order valence-corrected chi connectivity index (χ2v) is 6.99. The Kier molecular flexibility index (Phi) is 5.63. The van der Waals surface area contributed by atoms with Crippen LogP contribution in [0.5, 0.6) is 0 Å². The first-order valence-electron chi connectivity index (χ1n) is 6.36. The zero-order valence-electron chi connectivity index (χ0n) is 10.8. The highest BCUT2D eigenvalue weighted by Crippen LogP contribution is 2.27. The van der Waals surface area contributed by atoms with Crippen LogP contribution in [-0.4, -0.2) is 38.5 Å². The molecule has 1 N–H and O–H groups in total. The molecule has 1 aromatic rings. The molecule has 0 bridgehead atoms. The molecule has 1 aliphatic rings. The minimum Gasteiger partial charge on any atom is -0.377 e. The topological polar surface area (TPSA) is 30.5 Å². The van der Waals surface area contributed by atoms with Gasteiger partial charge in [0.1, 0.15) is 0 Å². The average Bonchev–Trinajstić information content (AvgIpc) is 2.73. The first-order chi connectivity index (χ1) is 8.74. The summed E-state index contributed by atoms with van der Waals surface area (Å²) in [6.45, 7) is 3.79. The van der Waals surface area contributed by atoms with Crippen molar-refractivity contribution in [3.8, 4) is 0 Å². The third-order valence-electron chi connectivity index (χ3n) is 3.31. The lowest BCUT2D eigenvalue weighted by molar-refractivity contribution is -0.131.